The number of hydrogen-bond acceptors (Lipinski definition) is 2. The van der Waals surface area contributed by atoms with Crippen LogP contribution in [0.15, 0.2) is 0 Å². The molecule has 0 fully saturated rings. The second-order valence-electron chi connectivity index (χ2n) is 0.925. The molecule has 0 heterocycles. The van der Waals surface area contributed by atoms with Crippen molar-refractivity contribution in [3.05, 3.63) is 0 Å². The van der Waals surface area contributed by atoms with Crippen molar-refractivity contribution < 1.29 is 23.6 Å². The zero-order valence-electron chi connectivity index (χ0n) is 5.25. The number of hydrogen-bond donors (Lipinski definition) is 0. The van der Waals surface area contributed by atoms with Gasteiger partial charge >= 0.3 is 5.97 Å². The fourth-order valence-electron chi connectivity index (χ4n) is 0.203. The van der Waals surface area contributed by atoms with Gasteiger partial charge in [-0.2, -0.15) is 0 Å². The van der Waals surface area contributed by atoms with Crippen LogP contribution in [0, 0.1) is 0 Å². The van der Waals surface area contributed by atoms with Gasteiger partial charge in [-0.3, -0.25) is 18.9 Å². The number of esters is 1. The van der Waals surface area contributed by atoms with Crippen LogP contribution >= 0.6 is 0 Å². The van der Waals surface area contributed by atoms with E-state index in [2.05, 4.69) is 4.74 Å². The van der Waals surface area contributed by atoms with Gasteiger partial charge in [0.25, 0.3) is 0 Å². The molecule has 0 spiro atoms. The first kappa shape index (κ1) is 34.6. The highest BCUT2D eigenvalue weighted by atomic mass is 19.0. The molecule has 0 N–H and O–H groups in total. The Morgan fingerprint density at radius 1 is 1.30 bits per heavy atom. The van der Waals surface area contributed by atoms with E-state index < -0.39 is 0 Å². The summed E-state index contributed by atoms with van der Waals surface area (Å²) in [5, 5.41) is 0. The SMILES string of the molecule is B.CCOC(C)=O.F.F.F. The van der Waals surface area contributed by atoms with Crippen LogP contribution in [0.4, 0.5) is 14.1 Å². The van der Waals surface area contributed by atoms with E-state index in [0.717, 1.165) is 0 Å². The molecule has 0 atom stereocenters. The van der Waals surface area contributed by atoms with E-state index in [0.29, 0.717) is 6.61 Å². The van der Waals surface area contributed by atoms with Gasteiger partial charge in [0, 0.05) is 6.92 Å². The zero-order chi connectivity index (χ0) is 4.99. The van der Waals surface area contributed by atoms with Crippen molar-refractivity contribution in [1.29, 1.82) is 0 Å². The molecule has 0 aromatic rings. The van der Waals surface area contributed by atoms with Crippen LogP contribution < -0.4 is 0 Å². The summed E-state index contributed by atoms with van der Waals surface area (Å²) in [6.45, 7) is 3.65. The first-order valence-electron chi connectivity index (χ1n) is 1.90. The maximum atomic E-state index is 9.82. The Morgan fingerprint density at radius 2 is 1.60 bits per heavy atom. The molecule has 10 heavy (non-hydrogen) atoms. The van der Waals surface area contributed by atoms with Crippen LogP contribution in [0.3, 0.4) is 0 Å². The monoisotopic (exact) mass is 162 g/mol. The summed E-state index contributed by atoms with van der Waals surface area (Å²) in [7, 11) is 0. The predicted molar refractivity (Wildman–Crippen MR) is 39.8 cm³/mol. The lowest BCUT2D eigenvalue weighted by Gasteiger charge is -1.89. The predicted octanol–water partition coefficient (Wildman–Crippen LogP) is -0.157. The third-order valence-corrected chi connectivity index (χ3v) is 0.348. The van der Waals surface area contributed by atoms with E-state index in [1.807, 2.05) is 0 Å². The minimum atomic E-state index is -0.211. The van der Waals surface area contributed by atoms with Crippen LogP contribution in [0.25, 0.3) is 0 Å². The largest absolute Gasteiger partial charge is 0.466 e. The smallest absolute Gasteiger partial charge is 0.302 e. The molecule has 0 radical (unpaired) electrons. The summed E-state index contributed by atoms with van der Waals surface area (Å²) in [6, 6.07) is 0. The molecule has 0 aromatic heterocycles. The fraction of sp³-hybridized carbons (Fsp3) is 0.750. The molecule has 0 aromatic carbocycles. The summed E-state index contributed by atoms with van der Waals surface area (Å²) in [5.41, 5.74) is 0. The molecule has 0 unspecified atom stereocenters. The Kier molecular flexibility index (Phi) is 82.5. The zero-order valence-corrected chi connectivity index (χ0v) is 5.25. The lowest BCUT2D eigenvalue weighted by molar-refractivity contribution is -0.140. The second-order valence-corrected chi connectivity index (χ2v) is 0.925. The van der Waals surface area contributed by atoms with Crippen LogP contribution in [0.5, 0.6) is 0 Å². The molecule has 6 heteroatoms. The lowest BCUT2D eigenvalue weighted by atomic mass is 10.8. The average molecular weight is 162 g/mol. The molecule has 0 saturated carbocycles. The van der Waals surface area contributed by atoms with Gasteiger partial charge in [0.1, 0.15) is 0 Å². The Hall–Kier alpha value is -0.675. The summed E-state index contributed by atoms with van der Waals surface area (Å²) in [5.74, 6) is -0.211. The van der Waals surface area contributed by atoms with Crippen molar-refractivity contribution in [2.75, 3.05) is 6.61 Å². The molecule has 0 bridgehead atoms. The van der Waals surface area contributed by atoms with E-state index in [9.17, 15) is 4.79 Å². The number of halogens is 3. The maximum absolute atomic E-state index is 9.82. The summed E-state index contributed by atoms with van der Waals surface area (Å²) < 4.78 is 4.40. The van der Waals surface area contributed by atoms with Crippen molar-refractivity contribution in [1.82, 2.24) is 0 Å². The Morgan fingerprint density at radius 3 is 1.60 bits per heavy atom. The number of ether oxygens (including phenoxy) is 1. The van der Waals surface area contributed by atoms with Crippen LogP contribution in [0.1, 0.15) is 13.8 Å². The molecule has 0 aliphatic carbocycles. The minimum Gasteiger partial charge on any atom is -0.466 e. The maximum Gasteiger partial charge on any atom is 0.302 e. The minimum absolute atomic E-state index is 0. The van der Waals surface area contributed by atoms with E-state index in [1.54, 1.807) is 6.92 Å². The fourth-order valence-corrected chi connectivity index (χ4v) is 0.203. The lowest BCUT2D eigenvalue weighted by Crippen LogP contribution is -1.95. The highest BCUT2D eigenvalue weighted by molar-refractivity contribution is 5.75. The van der Waals surface area contributed by atoms with Crippen LogP contribution in [-0.4, -0.2) is 21.0 Å². The quantitative estimate of drug-likeness (QED) is 0.395. The third-order valence-electron chi connectivity index (χ3n) is 0.348. The van der Waals surface area contributed by atoms with Crippen LogP contribution in [0.2, 0.25) is 0 Å². The summed E-state index contributed by atoms with van der Waals surface area (Å²) >= 11 is 0. The summed E-state index contributed by atoms with van der Waals surface area (Å²) in [6.07, 6.45) is 0. The van der Waals surface area contributed by atoms with Crippen molar-refractivity contribution in [3.8, 4) is 0 Å². The van der Waals surface area contributed by atoms with E-state index >= 15 is 0 Å². The Labute approximate surface area is 59.6 Å². The molecule has 0 amide bonds. The van der Waals surface area contributed by atoms with Crippen molar-refractivity contribution >= 4 is 14.4 Å². The van der Waals surface area contributed by atoms with Gasteiger partial charge in [-0.05, 0) is 6.92 Å². The summed E-state index contributed by atoms with van der Waals surface area (Å²) in [4.78, 5) is 9.82. The van der Waals surface area contributed by atoms with Gasteiger partial charge in [-0.15, -0.1) is 0 Å². The van der Waals surface area contributed by atoms with E-state index in [4.69, 9.17) is 0 Å². The highest BCUT2D eigenvalue weighted by Gasteiger charge is 1.81. The molecular weight excluding hydrogens is 148 g/mol. The number of carbonyl (C=O) groups excluding carboxylic acids is 1. The van der Waals surface area contributed by atoms with Crippen molar-refractivity contribution in [3.63, 3.8) is 0 Å². The molecule has 0 aliphatic rings. The molecule has 66 valence electrons. The highest BCUT2D eigenvalue weighted by Crippen LogP contribution is 1.69. The number of rotatable bonds is 1. The molecule has 2 nitrogen and oxygen atoms in total. The normalized spacial score (nSPS) is 4.60. The Balaban J connectivity index is -0.0000000208. The average Bonchev–Trinajstić information content (AvgIpc) is 1.35. The molecular formula is C4H14BF3O2. The standard InChI is InChI=1S/C4H8O2.BH3.3FH/c1-3-6-4(2)5;;;;/h3H2,1-2H3;1H3;3*1H. The van der Waals surface area contributed by atoms with E-state index in [-0.39, 0.29) is 28.5 Å². The van der Waals surface area contributed by atoms with Gasteiger partial charge in [-0.25, -0.2) is 0 Å². The van der Waals surface area contributed by atoms with Gasteiger partial charge in [0.2, 0.25) is 0 Å². The molecule has 0 rings (SSSR count). The molecule has 0 aliphatic heterocycles. The van der Waals surface area contributed by atoms with E-state index in [1.165, 1.54) is 6.92 Å². The van der Waals surface area contributed by atoms with Crippen LogP contribution in [-0.2, 0) is 9.53 Å². The van der Waals surface area contributed by atoms with Crippen molar-refractivity contribution in [2.45, 2.75) is 13.8 Å². The third kappa shape index (κ3) is 54.2. The van der Waals surface area contributed by atoms with Gasteiger partial charge in [0.05, 0.1) is 15.0 Å². The van der Waals surface area contributed by atoms with Gasteiger partial charge < -0.3 is 4.74 Å². The van der Waals surface area contributed by atoms with Gasteiger partial charge in [0.15, 0.2) is 0 Å². The number of carbonyl (C=O) groups is 1. The first-order chi connectivity index (χ1) is 2.77. The Bertz CT molecular complexity index is 62.5. The topological polar surface area (TPSA) is 26.3 Å². The van der Waals surface area contributed by atoms with Crippen molar-refractivity contribution in [2.24, 2.45) is 0 Å². The van der Waals surface area contributed by atoms with Gasteiger partial charge in [-0.1, -0.05) is 0 Å². The second kappa shape index (κ2) is 23.9. The molecule has 0 saturated heterocycles. The first-order valence-corrected chi connectivity index (χ1v) is 1.90.